The molecular weight excluding hydrogens is 250 g/mol. The number of piperazine rings is 1. The number of carbonyl (C=O) groups is 1. The average molecular weight is 267 g/mol. The molecule has 1 aliphatic rings. The number of nitrogens with zero attached hydrogens (tertiary/aromatic N) is 3. The molecule has 0 aromatic carbocycles. The van der Waals surface area contributed by atoms with E-state index in [1.165, 1.54) is 0 Å². The first-order valence-electron chi connectivity index (χ1n) is 5.91. The summed E-state index contributed by atoms with van der Waals surface area (Å²) in [5.74, 6) is -0.00451. The molecule has 1 unspecified atom stereocenters. The largest absolute Gasteiger partial charge is 0.392 e. The van der Waals surface area contributed by atoms with E-state index in [0.717, 1.165) is 13.1 Å². The molecule has 0 aliphatic carbocycles. The molecular formula is C11H17N5OS. The number of aromatic nitrogens is 2. The summed E-state index contributed by atoms with van der Waals surface area (Å²) in [5, 5.41) is 6.48. The number of rotatable bonds is 3. The van der Waals surface area contributed by atoms with Crippen LogP contribution in [0.4, 0.5) is 0 Å². The number of nitrogens with one attached hydrogen (secondary N) is 1. The van der Waals surface area contributed by atoms with Crippen LogP contribution in [0.25, 0.3) is 0 Å². The molecule has 0 radical (unpaired) electrons. The number of hydrogen-bond acceptors (Lipinski definition) is 4. The van der Waals surface area contributed by atoms with E-state index in [9.17, 15) is 4.79 Å². The molecule has 2 rings (SSSR count). The lowest BCUT2D eigenvalue weighted by atomic mass is 10.2. The third-order valence-electron chi connectivity index (χ3n) is 3.29. The van der Waals surface area contributed by atoms with E-state index in [2.05, 4.69) is 15.1 Å². The van der Waals surface area contributed by atoms with E-state index in [-0.39, 0.29) is 11.9 Å². The molecule has 18 heavy (non-hydrogen) atoms. The van der Waals surface area contributed by atoms with Gasteiger partial charge in [0.05, 0.1) is 11.0 Å². The normalized spacial score (nSPS) is 18.6. The first kappa shape index (κ1) is 13.0. The Hall–Kier alpha value is -1.47. The van der Waals surface area contributed by atoms with Gasteiger partial charge >= 0.3 is 0 Å². The first-order chi connectivity index (χ1) is 8.59. The summed E-state index contributed by atoms with van der Waals surface area (Å²) in [7, 11) is 0. The number of hydrogen-bond donors (Lipinski definition) is 2. The first-order valence-corrected chi connectivity index (χ1v) is 6.32. The summed E-state index contributed by atoms with van der Waals surface area (Å²) < 4.78 is 0. The topological polar surface area (TPSA) is 78.2 Å². The monoisotopic (exact) mass is 267 g/mol. The molecule has 1 aliphatic heterocycles. The van der Waals surface area contributed by atoms with Crippen LogP contribution >= 0.6 is 12.2 Å². The van der Waals surface area contributed by atoms with E-state index in [4.69, 9.17) is 18.0 Å². The van der Waals surface area contributed by atoms with Crippen molar-refractivity contribution in [3.8, 4) is 0 Å². The minimum absolute atomic E-state index is 0.00451. The minimum Gasteiger partial charge on any atom is -0.392 e. The molecule has 0 saturated carbocycles. The van der Waals surface area contributed by atoms with Crippen LogP contribution in [-0.4, -0.2) is 63.1 Å². The highest BCUT2D eigenvalue weighted by Gasteiger charge is 2.25. The van der Waals surface area contributed by atoms with Gasteiger partial charge in [-0.25, -0.2) is 0 Å². The predicted octanol–water partition coefficient (Wildman–Crippen LogP) is -0.158. The molecule has 7 heteroatoms. The molecule has 2 heterocycles. The maximum atomic E-state index is 12.1. The highest BCUT2D eigenvalue weighted by Crippen LogP contribution is 2.09. The summed E-state index contributed by atoms with van der Waals surface area (Å²) in [4.78, 5) is 16.6. The number of thiocarbonyl (C=S) groups is 1. The van der Waals surface area contributed by atoms with E-state index >= 15 is 0 Å². The number of aromatic amines is 1. The zero-order chi connectivity index (χ0) is 13.1. The molecule has 1 fully saturated rings. The van der Waals surface area contributed by atoms with Gasteiger partial charge in [0.1, 0.15) is 5.69 Å². The molecule has 98 valence electrons. The van der Waals surface area contributed by atoms with Gasteiger partial charge in [-0.15, -0.1) is 0 Å². The van der Waals surface area contributed by atoms with Gasteiger partial charge in [-0.1, -0.05) is 12.2 Å². The van der Waals surface area contributed by atoms with E-state index in [0.29, 0.717) is 23.8 Å². The number of nitrogens with two attached hydrogens (primary N) is 1. The Kier molecular flexibility index (Phi) is 3.93. The zero-order valence-electron chi connectivity index (χ0n) is 10.3. The van der Waals surface area contributed by atoms with Gasteiger partial charge in [0.2, 0.25) is 0 Å². The fourth-order valence-electron chi connectivity index (χ4n) is 2.04. The molecule has 1 aromatic rings. The second-order valence-electron chi connectivity index (χ2n) is 4.38. The number of amides is 1. The van der Waals surface area contributed by atoms with Gasteiger partial charge < -0.3 is 10.6 Å². The lowest BCUT2D eigenvalue weighted by Crippen LogP contribution is -2.54. The highest BCUT2D eigenvalue weighted by molar-refractivity contribution is 7.80. The van der Waals surface area contributed by atoms with Gasteiger partial charge in [0, 0.05) is 32.4 Å². The lowest BCUT2D eigenvalue weighted by molar-refractivity contribution is 0.0616. The SMILES string of the molecule is CC(C(N)=S)N1CCN(C(=O)c2ccn[nH]2)CC1. The quantitative estimate of drug-likeness (QED) is 0.744. The maximum absolute atomic E-state index is 12.1. The smallest absolute Gasteiger partial charge is 0.271 e. The fraction of sp³-hybridized carbons (Fsp3) is 0.545. The van der Waals surface area contributed by atoms with Crippen molar-refractivity contribution in [3.05, 3.63) is 18.0 Å². The second-order valence-corrected chi connectivity index (χ2v) is 4.85. The maximum Gasteiger partial charge on any atom is 0.271 e. The summed E-state index contributed by atoms with van der Waals surface area (Å²) in [6.45, 7) is 4.95. The number of carbonyl (C=O) groups excluding carboxylic acids is 1. The van der Waals surface area contributed by atoms with E-state index < -0.39 is 0 Å². The molecule has 0 bridgehead atoms. The second kappa shape index (κ2) is 5.45. The Balaban J connectivity index is 1.91. The van der Waals surface area contributed by atoms with Crippen LogP contribution in [0, 0.1) is 0 Å². The van der Waals surface area contributed by atoms with Gasteiger partial charge in [-0.05, 0) is 13.0 Å². The van der Waals surface area contributed by atoms with Crippen molar-refractivity contribution in [2.45, 2.75) is 13.0 Å². The zero-order valence-corrected chi connectivity index (χ0v) is 11.1. The Labute approximate surface area is 111 Å². The Morgan fingerprint density at radius 3 is 2.67 bits per heavy atom. The van der Waals surface area contributed by atoms with Crippen LogP contribution in [0.15, 0.2) is 12.3 Å². The van der Waals surface area contributed by atoms with Crippen LogP contribution in [0.3, 0.4) is 0 Å². The van der Waals surface area contributed by atoms with Crippen LogP contribution in [0.1, 0.15) is 17.4 Å². The van der Waals surface area contributed by atoms with Crippen molar-refractivity contribution in [3.63, 3.8) is 0 Å². The molecule has 1 aromatic heterocycles. The van der Waals surface area contributed by atoms with E-state index in [1.807, 2.05) is 11.8 Å². The molecule has 1 saturated heterocycles. The van der Waals surface area contributed by atoms with E-state index in [1.54, 1.807) is 12.3 Å². The standard InChI is InChI=1S/C11H17N5OS/c1-8(10(12)18)15-4-6-16(7-5-15)11(17)9-2-3-13-14-9/h2-3,8H,4-7H2,1H3,(H2,12,18)(H,13,14). The Morgan fingerprint density at radius 2 is 2.17 bits per heavy atom. The molecule has 6 nitrogen and oxygen atoms in total. The third kappa shape index (κ3) is 2.68. The van der Waals surface area contributed by atoms with Gasteiger partial charge in [0.15, 0.2) is 0 Å². The summed E-state index contributed by atoms with van der Waals surface area (Å²) >= 11 is 4.99. The van der Waals surface area contributed by atoms with Crippen LogP contribution in [-0.2, 0) is 0 Å². The van der Waals surface area contributed by atoms with Crippen molar-refractivity contribution >= 4 is 23.1 Å². The van der Waals surface area contributed by atoms with Gasteiger partial charge in [0.25, 0.3) is 5.91 Å². The third-order valence-corrected chi connectivity index (χ3v) is 3.63. The minimum atomic E-state index is -0.00451. The summed E-state index contributed by atoms with van der Waals surface area (Å²) in [5.41, 5.74) is 6.17. The molecule has 1 atom stereocenters. The highest BCUT2D eigenvalue weighted by atomic mass is 32.1. The molecule has 0 spiro atoms. The number of H-pyrrole nitrogens is 1. The Bertz CT molecular complexity index is 425. The predicted molar refractivity (Wildman–Crippen MR) is 72.3 cm³/mol. The van der Waals surface area contributed by atoms with Crippen molar-refractivity contribution < 1.29 is 4.79 Å². The lowest BCUT2D eigenvalue weighted by Gasteiger charge is -2.37. The molecule has 3 N–H and O–H groups in total. The van der Waals surface area contributed by atoms with Crippen molar-refractivity contribution in [1.82, 2.24) is 20.0 Å². The van der Waals surface area contributed by atoms with Crippen LogP contribution in [0.5, 0.6) is 0 Å². The molecule has 1 amide bonds. The summed E-state index contributed by atoms with van der Waals surface area (Å²) in [6.07, 6.45) is 1.58. The van der Waals surface area contributed by atoms with Crippen molar-refractivity contribution in [1.29, 1.82) is 0 Å². The van der Waals surface area contributed by atoms with Crippen molar-refractivity contribution in [2.75, 3.05) is 26.2 Å². The van der Waals surface area contributed by atoms with Crippen LogP contribution < -0.4 is 5.73 Å². The van der Waals surface area contributed by atoms with Gasteiger partial charge in [-0.2, -0.15) is 5.10 Å². The van der Waals surface area contributed by atoms with Crippen molar-refractivity contribution in [2.24, 2.45) is 5.73 Å². The fourth-order valence-corrected chi connectivity index (χ4v) is 2.19. The van der Waals surface area contributed by atoms with Gasteiger partial charge in [-0.3, -0.25) is 14.8 Å². The average Bonchev–Trinajstić information content (AvgIpc) is 2.91. The Morgan fingerprint density at radius 1 is 1.50 bits per heavy atom. The van der Waals surface area contributed by atoms with Crippen LogP contribution in [0.2, 0.25) is 0 Å². The summed E-state index contributed by atoms with van der Waals surface area (Å²) in [6, 6.07) is 1.77.